The van der Waals surface area contributed by atoms with Gasteiger partial charge in [-0.25, -0.2) is 9.97 Å². The summed E-state index contributed by atoms with van der Waals surface area (Å²) in [5.74, 6) is 1.45. The van der Waals surface area contributed by atoms with Gasteiger partial charge in [0.05, 0.1) is 17.3 Å². The third-order valence-electron chi connectivity index (χ3n) is 3.21. The SMILES string of the molecule is CC(N)CC(C)COc1ccc(-c2cc(N)ncn2)cc1Cl. The first-order valence-corrected chi connectivity index (χ1v) is 7.59. The van der Waals surface area contributed by atoms with Gasteiger partial charge >= 0.3 is 0 Å². The molecule has 0 aliphatic carbocycles. The molecule has 0 bridgehead atoms. The van der Waals surface area contributed by atoms with Crippen molar-refractivity contribution >= 4 is 17.4 Å². The van der Waals surface area contributed by atoms with Gasteiger partial charge in [0.15, 0.2) is 0 Å². The predicted octanol–water partition coefficient (Wildman–Crippen LogP) is 3.13. The number of aromatic nitrogens is 2. The summed E-state index contributed by atoms with van der Waals surface area (Å²) in [4.78, 5) is 8.06. The number of nitrogen functional groups attached to an aromatic ring is 1. The first kappa shape index (κ1) is 16.5. The van der Waals surface area contributed by atoms with Crippen LogP contribution in [0.2, 0.25) is 5.02 Å². The van der Waals surface area contributed by atoms with E-state index in [1.807, 2.05) is 25.1 Å². The first-order valence-electron chi connectivity index (χ1n) is 7.21. The number of hydrogen-bond acceptors (Lipinski definition) is 5. The maximum Gasteiger partial charge on any atom is 0.137 e. The molecule has 0 fully saturated rings. The second kappa shape index (κ2) is 7.42. The lowest BCUT2D eigenvalue weighted by Gasteiger charge is -2.16. The molecule has 22 heavy (non-hydrogen) atoms. The lowest BCUT2D eigenvalue weighted by molar-refractivity contribution is 0.246. The summed E-state index contributed by atoms with van der Waals surface area (Å²) < 4.78 is 5.77. The topological polar surface area (TPSA) is 87.0 Å². The fraction of sp³-hybridized carbons (Fsp3) is 0.375. The van der Waals surface area contributed by atoms with Gasteiger partial charge in [-0.05, 0) is 37.5 Å². The van der Waals surface area contributed by atoms with Crippen LogP contribution in [0.4, 0.5) is 5.82 Å². The van der Waals surface area contributed by atoms with Crippen molar-refractivity contribution in [1.29, 1.82) is 0 Å². The highest BCUT2D eigenvalue weighted by molar-refractivity contribution is 6.32. The van der Waals surface area contributed by atoms with E-state index in [0.717, 1.165) is 17.7 Å². The molecule has 2 unspecified atom stereocenters. The third kappa shape index (κ3) is 4.58. The molecule has 1 heterocycles. The van der Waals surface area contributed by atoms with Crippen LogP contribution in [0.3, 0.4) is 0 Å². The molecular formula is C16H21ClN4O. The van der Waals surface area contributed by atoms with Crippen molar-refractivity contribution in [2.75, 3.05) is 12.3 Å². The Morgan fingerprint density at radius 3 is 2.64 bits per heavy atom. The Bertz CT molecular complexity index is 633. The molecule has 4 N–H and O–H groups in total. The van der Waals surface area contributed by atoms with Gasteiger partial charge in [-0.3, -0.25) is 0 Å². The van der Waals surface area contributed by atoms with E-state index in [1.54, 1.807) is 6.07 Å². The number of ether oxygens (including phenoxy) is 1. The molecule has 0 amide bonds. The van der Waals surface area contributed by atoms with Gasteiger partial charge in [0.25, 0.3) is 0 Å². The number of rotatable bonds is 6. The van der Waals surface area contributed by atoms with E-state index in [2.05, 4.69) is 16.9 Å². The lowest BCUT2D eigenvalue weighted by atomic mass is 10.0. The highest BCUT2D eigenvalue weighted by Gasteiger charge is 2.10. The van der Waals surface area contributed by atoms with Crippen molar-refractivity contribution in [3.8, 4) is 17.0 Å². The van der Waals surface area contributed by atoms with Crippen LogP contribution in [0.25, 0.3) is 11.3 Å². The highest BCUT2D eigenvalue weighted by Crippen LogP contribution is 2.30. The second-order valence-electron chi connectivity index (χ2n) is 5.60. The molecule has 5 nitrogen and oxygen atoms in total. The van der Waals surface area contributed by atoms with Gasteiger partial charge in [0.1, 0.15) is 17.9 Å². The maximum absolute atomic E-state index is 6.28. The Hall–Kier alpha value is -1.85. The van der Waals surface area contributed by atoms with Crippen molar-refractivity contribution in [2.45, 2.75) is 26.3 Å². The molecule has 1 aromatic carbocycles. The van der Waals surface area contributed by atoms with E-state index in [9.17, 15) is 0 Å². The molecule has 6 heteroatoms. The van der Waals surface area contributed by atoms with E-state index >= 15 is 0 Å². The summed E-state index contributed by atoms with van der Waals surface area (Å²) in [5.41, 5.74) is 13.0. The van der Waals surface area contributed by atoms with E-state index in [0.29, 0.717) is 29.1 Å². The van der Waals surface area contributed by atoms with Crippen LogP contribution < -0.4 is 16.2 Å². The van der Waals surface area contributed by atoms with Gasteiger partial charge in [0.2, 0.25) is 0 Å². The molecule has 0 aliphatic rings. The van der Waals surface area contributed by atoms with Crippen molar-refractivity contribution in [3.05, 3.63) is 35.6 Å². The van der Waals surface area contributed by atoms with E-state index in [1.165, 1.54) is 6.33 Å². The fourth-order valence-electron chi connectivity index (χ4n) is 2.24. The average Bonchev–Trinajstić information content (AvgIpc) is 2.45. The minimum absolute atomic E-state index is 0.166. The van der Waals surface area contributed by atoms with E-state index in [4.69, 9.17) is 27.8 Å². The van der Waals surface area contributed by atoms with Crippen molar-refractivity contribution < 1.29 is 4.74 Å². The van der Waals surface area contributed by atoms with E-state index < -0.39 is 0 Å². The Kier molecular flexibility index (Phi) is 5.57. The summed E-state index contributed by atoms with van der Waals surface area (Å²) in [6.45, 7) is 4.68. The Labute approximate surface area is 135 Å². The number of nitrogens with two attached hydrogens (primary N) is 2. The normalized spacial score (nSPS) is 13.6. The van der Waals surface area contributed by atoms with Crippen LogP contribution in [0.1, 0.15) is 20.3 Å². The molecular weight excluding hydrogens is 300 g/mol. The molecule has 2 rings (SSSR count). The zero-order chi connectivity index (χ0) is 16.1. The monoisotopic (exact) mass is 320 g/mol. The van der Waals surface area contributed by atoms with E-state index in [-0.39, 0.29) is 6.04 Å². The predicted molar refractivity (Wildman–Crippen MR) is 89.8 cm³/mol. The Morgan fingerprint density at radius 2 is 2.00 bits per heavy atom. The summed E-state index contributed by atoms with van der Waals surface area (Å²) in [7, 11) is 0. The maximum atomic E-state index is 6.28. The Morgan fingerprint density at radius 1 is 1.23 bits per heavy atom. The van der Waals surface area contributed by atoms with Gasteiger partial charge in [0, 0.05) is 17.7 Å². The summed E-state index contributed by atoms with van der Waals surface area (Å²) in [5, 5.41) is 0.544. The smallest absolute Gasteiger partial charge is 0.137 e. The molecule has 2 aromatic rings. The number of halogens is 1. The zero-order valence-electron chi connectivity index (χ0n) is 12.8. The van der Waals surface area contributed by atoms with Crippen LogP contribution in [-0.4, -0.2) is 22.6 Å². The largest absolute Gasteiger partial charge is 0.492 e. The van der Waals surface area contributed by atoms with Crippen molar-refractivity contribution in [1.82, 2.24) is 9.97 Å². The third-order valence-corrected chi connectivity index (χ3v) is 3.51. The quantitative estimate of drug-likeness (QED) is 0.853. The molecule has 0 saturated heterocycles. The number of anilines is 1. The van der Waals surface area contributed by atoms with Gasteiger partial charge in [-0.15, -0.1) is 0 Å². The lowest BCUT2D eigenvalue weighted by Crippen LogP contribution is -2.21. The first-order chi connectivity index (χ1) is 10.5. The summed E-state index contributed by atoms with van der Waals surface area (Å²) in [6, 6.07) is 7.43. The Balaban J connectivity index is 2.07. The molecule has 0 radical (unpaired) electrons. The van der Waals surface area contributed by atoms with Crippen LogP contribution in [-0.2, 0) is 0 Å². The highest BCUT2D eigenvalue weighted by atomic mass is 35.5. The zero-order valence-corrected chi connectivity index (χ0v) is 13.5. The van der Waals surface area contributed by atoms with Gasteiger partial charge in [-0.1, -0.05) is 18.5 Å². The van der Waals surface area contributed by atoms with Crippen LogP contribution in [0.15, 0.2) is 30.6 Å². The fourth-order valence-corrected chi connectivity index (χ4v) is 2.48. The molecule has 1 aromatic heterocycles. The number of hydrogen-bond donors (Lipinski definition) is 2. The van der Waals surface area contributed by atoms with Crippen LogP contribution >= 0.6 is 11.6 Å². The number of benzene rings is 1. The summed E-state index contributed by atoms with van der Waals surface area (Å²) >= 11 is 6.28. The van der Waals surface area contributed by atoms with Crippen LogP contribution in [0, 0.1) is 5.92 Å². The second-order valence-corrected chi connectivity index (χ2v) is 6.01. The minimum Gasteiger partial charge on any atom is -0.492 e. The summed E-state index contributed by atoms with van der Waals surface area (Å²) in [6.07, 6.45) is 2.34. The standard InChI is InChI=1S/C16H21ClN4O/c1-10(5-11(2)18)8-22-15-4-3-12(6-13(15)17)14-7-16(19)21-9-20-14/h3-4,6-7,9-11H,5,8,18H2,1-2H3,(H2,19,20,21). The molecule has 0 saturated carbocycles. The number of nitrogens with zero attached hydrogens (tertiary/aromatic N) is 2. The molecule has 0 spiro atoms. The molecule has 2 atom stereocenters. The average molecular weight is 321 g/mol. The van der Waals surface area contributed by atoms with Crippen molar-refractivity contribution in [2.24, 2.45) is 11.7 Å². The molecule has 118 valence electrons. The van der Waals surface area contributed by atoms with Crippen LogP contribution in [0.5, 0.6) is 5.75 Å². The van der Waals surface area contributed by atoms with Gasteiger partial charge < -0.3 is 16.2 Å². The van der Waals surface area contributed by atoms with Crippen molar-refractivity contribution in [3.63, 3.8) is 0 Å². The molecule has 0 aliphatic heterocycles. The van der Waals surface area contributed by atoms with Gasteiger partial charge in [-0.2, -0.15) is 0 Å². The minimum atomic E-state index is 0.166.